The zero-order valence-electron chi connectivity index (χ0n) is 30.7. The van der Waals surface area contributed by atoms with Crippen LogP contribution in [0.15, 0.2) is 170 Å². The number of rotatable bonds is 6. The molecule has 8 nitrogen and oxygen atoms in total. The SMILES string of the molecule is N#Cc1ccncc1-c1cccc2c3cccc(-c4cnccc4C#N)c3n(-c3cccc4c3C(=O)N(c3ccc(-c5ccccc5)cc3-c3ccccc3)C4=O)c12. The number of anilines is 1. The standard InChI is InChI=1S/C50H28N6O2/c51-27-34-22-24-53-29-42(34)38-16-7-14-36-37-15-8-17-39(43-30-54-25-23-35(43)28-52)48(37)55(47(36)38)45-19-9-18-40-46(45)50(58)56(49(40)57)44-21-20-33(31-10-3-1-4-11-31)26-41(44)32-12-5-2-6-13-32/h1-26,29-30H. The number of amides is 2. The minimum absolute atomic E-state index is 0.237. The number of carbonyl (C=O) groups is 2. The number of carbonyl (C=O) groups excluding carboxylic acids is 2. The number of fused-ring (bicyclic) bond motifs is 4. The van der Waals surface area contributed by atoms with E-state index in [0.717, 1.165) is 33.0 Å². The van der Waals surface area contributed by atoms with Gasteiger partial charge in [-0.25, -0.2) is 4.90 Å². The molecule has 2 amide bonds. The van der Waals surface area contributed by atoms with Gasteiger partial charge in [0.1, 0.15) is 0 Å². The zero-order valence-corrected chi connectivity index (χ0v) is 30.7. The van der Waals surface area contributed by atoms with Gasteiger partial charge in [-0.3, -0.25) is 19.6 Å². The summed E-state index contributed by atoms with van der Waals surface area (Å²) in [6.45, 7) is 0. The fraction of sp³-hybridized carbons (Fsp3) is 0. The Morgan fingerprint density at radius 3 is 1.59 bits per heavy atom. The number of nitrogens with zero attached hydrogens (tertiary/aromatic N) is 6. The number of pyridine rings is 2. The number of para-hydroxylation sites is 2. The lowest BCUT2D eigenvalue weighted by Crippen LogP contribution is -2.30. The zero-order chi connectivity index (χ0) is 39.3. The minimum atomic E-state index is -0.469. The Kier molecular flexibility index (Phi) is 8.04. The molecule has 0 bridgehead atoms. The Labute approximate surface area is 332 Å². The molecule has 8 heteroatoms. The lowest BCUT2D eigenvalue weighted by Gasteiger charge is -2.20. The molecule has 270 valence electrons. The first-order chi connectivity index (χ1) is 28.6. The molecule has 9 aromatic rings. The molecule has 0 unspecified atom stereocenters. The quantitative estimate of drug-likeness (QED) is 0.157. The predicted octanol–water partition coefficient (Wildman–Crippen LogP) is 10.8. The monoisotopic (exact) mass is 744 g/mol. The molecule has 1 aliphatic heterocycles. The van der Waals surface area contributed by atoms with Crippen LogP contribution < -0.4 is 4.90 Å². The molecule has 3 aromatic heterocycles. The van der Waals surface area contributed by atoms with E-state index in [1.54, 1.807) is 49.1 Å². The van der Waals surface area contributed by atoms with E-state index in [4.69, 9.17) is 0 Å². The van der Waals surface area contributed by atoms with E-state index in [1.165, 1.54) is 4.90 Å². The highest BCUT2D eigenvalue weighted by atomic mass is 16.2. The molecule has 1 aliphatic rings. The number of imide groups is 1. The Hall–Kier alpha value is -8.46. The van der Waals surface area contributed by atoms with Crippen LogP contribution in [0.3, 0.4) is 0 Å². The van der Waals surface area contributed by atoms with Gasteiger partial charge in [-0.1, -0.05) is 109 Å². The van der Waals surface area contributed by atoms with Crippen LogP contribution >= 0.6 is 0 Å². The van der Waals surface area contributed by atoms with Gasteiger partial charge in [-0.2, -0.15) is 10.5 Å². The Morgan fingerprint density at radius 2 is 1.00 bits per heavy atom. The van der Waals surface area contributed by atoms with Gasteiger partial charge in [0.05, 0.1) is 56.8 Å². The van der Waals surface area contributed by atoms with Crippen molar-refractivity contribution in [3.8, 4) is 62.3 Å². The van der Waals surface area contributed by atoms with Crippen LogP contribution in [-0.4, -0.2) is 26.3 Å². The predicted molar refractivity (Wildman–Crippen MR) is 225 cm³/mol. The molecule has 0 atom stereocenters. The molecule has 0 radical (unpaired) electrons. The van der Waals surface area contributed by atoms with Crippen LogP contribution in [0.25, 0.3) is 72.0 Å². The molecule has 10 rings (SSSR count). The van der Waals surface area contributed by atoms with E-state index >= 15 is 4.79 Å². The maximum atomic E-state index is 15.2. The second kappa shape index (κ2) is 13.7. The van der Waals surface area contributed by atoms with Crippen LogP contribution in [0.1, 0.15) is 31.8 Å². The van der Waals surface area contributed by atoms with Gasteiger partial charge in [-0.15, -0.1) is 0 Å². The average Bonchev–Trinajstić information content (AvgIpc) is 3.77. The largest absolute Gasteiger partial charge is 0.307 e. The van der Waals surface area contributed by atoms with Gasteiger partial charge in [0.2, 0.25) is 0 Å². The maximum Gasteiger partial charge on any atom is 0.268 e. The first-order valence-corrected chi connectivity index (χ1v) is 18.6. The summed E-state index contributed by atoms with van der Waals surface area (Å²) >= 11 is 0. The number of benzene rings is 6. The highest BCUT2D eigenvalue weighted by Gasteiger charge is 2.41. The summed E-state index contributed by atoms with van der Waals surface area (Å²) in [5.74, 6) is -0.908. The van der Waals surface area contributed by atoms with Crippen molar-refractivity contribution in [1.29, 1.82) is 10.5 Å². The summed E-state index contributed by atoms with van der Waals surface area (Å²) < 4.78 is 2.00. The minimum Gasteiger partial charge on any atom is -0.307 e. The fourth-order valence-electron chi connectivity index (χ4n) is 8.27. The lowest BCUT2D eigenvalue weighted by molar-refractivity contribution is 0.0926. The molecular formula is C50H28N6O2. The van der Waals surface area contributed by atoms with Crippen molar-refractivity contribution in [2.45, 2.75) is 0 Å². The molecule has 0 fully saturated rings. The van der Waals surface area contributed by atoms with Gasteiger partial charge >= 0.3 is 0 Å². The van der Waals surface area contributed by atoms with E-state index in [0.29, 0.717) is 55.8 Å². The Morgan fingerprint density at radius 1 is 0.448 bits per heavy atom. The molecule has 0 spiro atoms. The molecule has 4 heterocycles. The van der Waals surface area contributed by atoms with Crippen LogP contribution in [0.4, 0.5) is 5.69 Å². The van der Waals surface area contributed by atoms with Gasteiger partial charge in [0, 0.05) is 63.4 Å². The molecule has 0 saturated heterocycles. The second-order valence-corrected chi connectivity index (χ2v) is 13.9. The molecule has 0 N–H and O–H groups in total. The van der Waals surface area contributed by atoms with Crippen molar-refractivity contribution in [2.75, 3.05) is 4.90 Å². The summed E-state index contributed by atoms with van der Waals surface area (Å²) in [6, 6.07) is 50.6. The van der Waals surface area contributed by atoms with Gasteiger partial charge in [-0.05, 0) is 53.1 Å². The normalized spacial score (nSPS) is 12.1. The van der Waals surface area contributed by atoms with Crippen LogP contribution in [0.2, 0.25) is 0 Å². The number of hydrogen-bond acceptors (Lipinski definition) is 6. The second-order valence-electron chi connectivity index (χ2n) is 13.9. The van der Waals surface area contributed by atoms with Crippen LogP contribution in [0, 0.1) is 22.7 Å². The molecule has 6 aromatic carbocycles. The van der Waals surface area contributed by atoms with Crippen molar-refractivity contribution >= 4 is 39.3 Å². The Balaban J connectivity index is 1.27. The lowest BCUT2D eigenvalue weighted by atomic mass is 9.97. The van der Waals surface area contributed by atoms with Crippen LogP contribution in [0.5, 0.6) is 0 Å². The summed E-state index contributed by atoms with van der Waals surface area (Å²) in [5, 5.41) is 22.2. The third-order valence-electron chi connectivity index (χ3n) is 10.8. The topological polar surface area (TPSA) is 116 Å². The highest BCUT2D eigenvalue weighted by Crippen LogP contribution is 2.46. The summed E-state index contributed by atoms with van der Waals surface area (Å²) in [4.78, 5) is 40.0. The van der Waals surface area contributed by atoms with E-state index in [9.17, 15) is 15.3 Å². The van der Waals surface area contributed by atoms with Gasteiger partial charge in [0.15, 0.2) is 0 Å². The number of aromatic nitrogens is 3. The first kappa shape index (κ1) is 34.1. The summed E-state index contributed by atoms with van der Waals surface area (Å²) in [5.41, 5.74) is 9.93. The summed E-state index contributed by atoms with van der Waals surface area (Å²) in [6.07, 6.45) is 6.50. The molecule has 0 saturated carbocycles. The smallest absolute Gasteiger partial charge is 0.268 e. The average molecular weight is 745 g/mol. The summed E-state index contributed by atoms with van der Waals surface area (Å²) in [7, 11) is 0. The number of nitriles is 2. The molecule has 58 heavy (non-hydrogen) atoms. The van der Waals surface area contributed by atoms with Gasteiger partial charge in [0.25, 0.3) is 11.8 Å². The Bertz CT molecular complexity index is 3130. The van der Waals surface area contributed by atoms with Crippen molar-refractivity contribution in [2.24, 2.45) is 0 Å². The van der Waals surface area contributed by atoms with Crippen molar-refractivity contribution in [3.05, 3.63) is 193 Å². The van der Waals surface area contributed by atoms with E-state index in [2.05, 4.69) is 22.1 Å². The third kappa shape index (κ3) is 5.21. The van der Waals surface area contributed by atoms with E-state index < -0.39 is 11.8 Å². The first-order valence-electron chi connectivity index (χ1n) is 18.6. The van der Waals surface area contributed by atoms with E-state index in [1.807, 2.05) is 126 Å². The molecular weight excluding hydrogens is 717 g/mol. The van der Waals surface area contributed by atoms with E-state index in [-0.39, 0.29) is 11.1 Å². The molecule has 0 aliphatic carbocycles. The third-order valence-corrected chi connectivity index (χ3v) is 10.8. The van der Waals surface area contributed by atoms with Crippen molar-refractivity contribution in [1.82, 2.24) is 14.5 Å². The maximum absolute atomic E-state index is 15.2. The van der Waals surface area contributed by atoms with Crippen LogP contribution in [-0.2, 0) is 0 Å². The highest BCUT2D eigenvalue weighted by molar-refractivity contribution is 6.36. The number of hydrogen-bond donors (Lipinski definition) is 0. The van der Waals surface area contributed by atoms with Gasteiger partial charge < -0.3 is 4.57 Å². The van der Waals surface area contributed by atoms with Crippen molar-refractivity contribution in [3.63, 3.8) is 0 Å². The van der Waals surface area contributed by atoms with Crippen molar-refractivity contribution < 1.29 is 9.59 Å². The fourth-order valence-corrected chi connectivity index (χ4v) is 8.27.